The molecule has 0 amide bonds. The van der Waals surface area contributed by atoms with E-state index in [1.54, 1.807) is 0 Å². The molecule has 4 nitrogen and oxygen atoms in total. The minimum absolute atomic E-state index is 0.198. The number of nitrogens with one attached hydrogen (secondary N) is 1. The van der Waals surface area contributed by atoms with Crippen LogP contribution in [0.1, 0.15) is 37.8 Å². The van der Waals surface area contributed by atoms with E-state index in [4.69, 9.17) is 14.2 Å². The Morgan fingerprint density at radius 2 is 2.10 bits per heavy atom. The van der Waals surface area contributed by atoms with Gasteiger partial charge in [-0.3, -0.25) is 0 Å². The average Bonchev–Trinajstić information content (AvgIpc) is 2.54. The van der Waals surface area contributed by atoms with Gasteiger partial charge in [0, 0.05) is 6.61 Å². The highest BCUT2D eigenvalue weighted by Crippen LogP contribution is 2.19. The van der Waals surface area contributed by atoms with Gasteiger partial charge < -0.3 is 19.5 Å². The molecule has 21 heavy (non-hydrogen) atoms. The Hall–Kier alpha value is -1.10. The third-order valence-electron chi connectivity index (χ3n) is 3.80. The summed E-state index contributed by atoms with van der Waals surface area (Å²) in [4.78, 5) is 0. The van der Waals surface area contributed by atoms with Gasteiger partial charge in [0.15, 0.2) is 0 Å². The molecule has 0 bridgehead atoms. The first-order valence-corrected chi connectivity index (χ1v) is 7.93. The maximum absolute atomic E-state index is 5.84. The van der Waals surface area contributed by atoms with E-state index in [0.29, 0.717) is 19.8 Å². The molecule has 118 valence electrons. The highest BCUT2D eigenvalue weighted by Gasteiger charge is 2.15. The standard InChI is InChI=1S/C17H27NO3/c1-3-20-15-9-7-14(8-10-15)17(18-2)13-19-12-16-6-4-5-11-21-16/h7-10,16-18H,3-6,11-13H2,1-2H3. The Bertz CT molecular complexity index is 388. The van der Waals surface area contributed by atoms with Gasteiger partial charge in [0.2, 0.25) is 0 Å². The summed E-state index contributed by atoms with van der Waals surface area (Å²) >= 11 is 0. The number of rotatable bonds is 8. The third kappa shape index (κ3) is 5.30. The first-order valence-electron chi connectivity index (χ1n) is 7.93. The summed E-state index contributed by atoms with van der Waals surface area (Å²) in [6.07, 6.45) is 3.83. The third-order valence-corrected chi connectivity index (χ3v) is 3.80. The molecule has 1 heterocycles. The summed E-state index contributed by atoms with van der Waals surface area (Å²) in [5.74, 6) is 0.910. The van der Waals surface area contributed by atoms with Crippen LogP contribution >= 0.6 is 0 Å². The van der Waals surface area contributed by atoms with E-state index < -0.39 is 0 Å². The van der Waals surface area contributed by atoms with Crippen LogP contribution in [0.4, 0.5) is 0 Å². The first-order chi connectivity index (χ1) is 10.3. The van der Waals surface area contributed by atoms with Gasteiger partial charge in [0.05, 0.1) is 32.0 Å². The van der Waals surface area contributed by atoms with Crippen molar-refractivity contribution >= 4 is 0 Å². The Morgan fingerprint density at radius 1 is 1.29 bits per heavy atom. The molecule has 4 heteroatoms. The van der Waals surface area contributed by atoms with Crippen LogP contribution in [-0.4, -0.2) is 39.6 Å². The van der Waals surface area contributed by atoms with Gasteiger partial charge in [-0.15, -0.1) is 0 Å². The van der Waals surface area contributed by atoms with E-state index >= 15 is 0 Å². The largest absolute Gasteiger partial charge is 0.494 e. The van der Waals surface area contributed by atoms with Crippen LogP contribution in [0.3, 0.4) is 0 Å². The fourth-order valence-corrected chi connectivity index (χ4v) is 2.57. The van der Waals surface area contributed by atoms with Crippen molar-refractivity contribution in [3.05, 3.63) is 29.8 Å². The molecular formula is C17H27NO3. The molecule has 2 rings (SSSR count). The van der Waals surface area contributed by atoms with Gasteiger partial charge in [-0.25, -0.2) is 0 Å². The molecule has 1 aromatic carbocycles. The smallest absolute Gasteiger partial charge is 0.119 e. The topological polar surface area (TPSA) is 39.7 Å². The number of hydrogen-bond acceptors (Lipinski definition) is 4. The van der Waals surface area contributed by atoms with Crippen LogP contribution in [0.2, 0.25) is 0 Å². The Balaban J connectivity index is 1.78. The Morgan fingerprint density at radius 3 is 2.71 bits per heavy atom. The van der Waals surface area contributed by atoms with Crippen LogP contribution in [0, 0.1) is 0 Å². The van der Waals surface area contributed by atoms with E-state index in [-0.39, 0.29) is 12.1 Å². The van der Waals surface area contributed by atoms with E-state index in [1.807, 2.05) is 26.1 Å². The zero-order valence-electron chi connectivity index (χ0n) is 13.1. The van der Waals surface area contributed by atoms with Crippen LogP contribution in [-0.2, 0) is 9.47 Å². The average molecular weight is 293 g/mol. The Labute approximate surface area is 127 Å². The molecule has 2 unspecified atom stereocenters. The second-order valence-corrected chi connectivity index (χ2v) is 5.37. The normalized spacial score (nSPS) is 20.2. The maximum Gasteiger partial charge on any atom is 0.119 e. The number of hydrogen-bond donors (Lipinski definition) is 1. The molecule has 1 aromatic rings. The monoisotopic (exact) mass is 293 g/mol. The first kappa shape index (κ1) is 16.3. The van der Waals surface area contributed by atoms with Gasteiger partial charge >= 0.3 is 0 Å². The minimum atomic E-state index is 0.198. The van der Waals surface area contributed by atoms with E-state index in [2.05, 4.69) is 17.4 Å². The van der Waals surface area contributed by atoms with Crippen molar-refractivity contribution in [2.75, 3.05) is 33.5 Å². The van der Waals surface area contributed by atoms with Crippen molar-refractivity contribution in [2.24, 2.45) is 0 Å². The number of ether oxygens (including phenoxy) is 3. The van der Waals surface area contributed by atoms with Gasteiger partial charge in [-0.2, -0.15) is 0 Å². The fourth-order valence-electron chi connectivity index (χ4n) is 2.57. The van der Waals surface area contributed by atoms with E-state index in [9.17, 15) is 0 Å². The number of likely N-dealkylation sites (N-methyl/N-ethyl adjacent to an activating group) is 1. The van der Waals surface area contributed by atoms with Crippen LogP contribution in [0.5, 0.6) is 5.75 Å². The molecule has 1 saturated heterocycles. The fraction of sp³-hybridized carbons (Fsp3) is 0.647. The predicted octanol–water partition coefficient (Wildman–Crippen LogP) is 2.93. The summed E-state index contributed by atoms with van der Waals surface area (Å²) in [6, 6.07) is 8.39. The lowest BCUT2D eigenvalue weighted by Crippen LogP contribution is -2.28. The van der Waals surface area contributed by atoms with E-state index in [0.717, 1.165) is 18.8 Å². The van der Waals surface area contributed by atoms with Crippen molar-refractivity contribution < 1.29 is 14.2 Å². The maximum atomic E-state index is 5.84. The molecule has 1 fully saturated rings. The molecule has 1 aliphatic heterocycles. The lowest BCUT2D eigenvalue weighted by atomic mass is 10.1. The van der Waals surface area contributed by atoms with Gasteiger partial charge in [-0.1, -0.05) is 12.1 Å². The summed E-state index contributed by atoms with van der Waals surface area (Å²) in [5.41, 5.74) is 1.21. The molecule has 0 radical (unpaired) electrons. The molecule has 1 N–H and O–H groups in total. The molecule has 1 aliphatic rings. The molecule has 0 spiro atoms. The van der Waals surface area contributed by atoms with Crippen molar-refractivity contribution in [1.29, 1.82) is 0 Å². The van der Waals surface area contributed by atoms with Crippen molar-refractivity contribution in [3.8, 4) is 5.75 Å². The second kappa shape index (κ2) is 9.03. The molecular weight excluding hydrogens is 266 g/mol. The zero-order valence-corrected chi connectivity index (χ0v) is 13.1. The molecule has 0 saturated carbocycles. The van der Waals surface area contributed by atoms with Gasteiger partial charge in [0.1, 0.15) is 5.75 Å². The highest BCUT2D eigenvalue weighted by atomic mass is 16.5. The molecule has 0 aromatic heterocycles. The molecule has 2 atom stereocenters. The lowest BCUT2D eigenvalue weighted by Gasteiger charge is -2.24. The highest BCUT2D eigenvalue weighted by molar-refractivity contribution is 5.29. The minimum Gasteiger partial charge on any atom is -0.494 e. The summed E-state index contributed by atoms with van der Waals surface area (Å²) < 4.78 is 17.0. The van der Waals surface area contributed by atoms with E-state index in [1.165, 1.54) is 18.4 Å². The van der Waals surface area contributed by atoms with Crippen molar-refractivity contribution in [2.45, 2.75) is 38.3 Å². The second-order valence-electron chi connectivity index (χ2n) is 5.37. The van der Waals surface area contributed by atoms with Crippen LogP contribution in [0.25, 0.3) is 0 Å². The van der Waals surface area contributed by atoms with Crippen LogP contribution in [0.15, 0.2) is 24.3 Å². The van der Waals surface area contributed by atoms with Crippen molar-refractivity contribution in [1.82, 2.24) is 5.32 Å². The number of benzene rings is 1. The quantitative estimate of drug-likeness (QED) is 0.800. The summed E-state index contributed by atoms with van der Waals surface area (Å²) in [7, 11) is 1.96. The van der Waals surface area contributed by atoms with Gasteiger partial charge in [-0.05, 0) is 50.9 Å². The summed E-state index contributed by atoms with van der Waals surface area (Å²) in [6.45, 7) is 4.91. The summed E-state index contributed by atoms with van der Waals surface area (Å²) in [5, 5.41) is 3.30. The van der Waals surface area contributed by atoms with Crippen LogP contribution < -0.4 is 10.1 Å². The SMILES string of the molecule is CCOc1ccc(C(COCC2CCCCO2)NC)cc1. The van der Waals surface area contributed by atoms with Crippen molar-refractivity contribution in [3.63, 3.8) is 0 Å². The zero-order chi connectivity index (χ0) is 14.9. The molecule has 0 aliphatic carbocycles. The lowest BCUT2D eigenvalue weighted by molar-refractivity contribution is -0.0440. The van der Waals surface area contributed by atoms with Gasteiger partial charge in [0.25, 0.3) is 0 Å². The predicted molar refractivity (Wildman–Crippen MR) is 83.8 cm³/mol. The Kier molecular flexibility index (Phi) is 7.00.